The molecule has 1 atom stereocenters. The van der Waals surface area contributed by atoms with Gasteiger partial charge in [0.25, 0.3) is 11.8 Å². The number of nitrogens with one attached hydrogen (secondary N) is 2. The molecule has 1 heterocycles. The summed E-state index contributed by atoms with van der Waals surface area (Å²) in [5.74, 6) is -0.493. The van der Waals surface area contributed by atoms with E-state index in [0.29, 0.717) is 21.2 Å². The smallest absolute Gasteiger partial charge is 0.265 e. The molecule has 4 nitrogen and oxygen atoms in total. The number of amides is 2. The lowest BCUT2D eigenvalue weighted by Gasteiger charge is -2.17. The minimum Gasteiger partial charge on any atom is -0.345 e. The van der Waals surface area contributed by atoms with E-state index in [1.54, 1.807) is 30.3 Å². The first kappa shape index (κ1) is 20.1. The van der Waals surface area contributed by atoms with E-state index in [9.17, 15) is 9.59 Å². The highest BCUT2D eigenvalue weighted by molar-refractivity contribution is 7.12. The Labute approximate surface area is 183 Å². The Balaban J connectivity index is 1.54. The molecule has 2 N–H and O–H groups in total. The van der Waals surface area contributed by atoms with Crippen molar-refractivity contribution < 1.29 is 9.59 Å². The molecule has 0 aliphatic heterocycles. The number of anilines is 1. The third-order valence-electron chi connectivity index (χ3n) is 4.86. The molecule has 1 aromatic heterocycles. The van der Waals surface area contributed by atoms with E-state index in [-0.39, 0.29) is 17.9 Å². The van der Waals surface area contributed by atoms with Crippen LogP contribution in [0, 0.1) is 0 Å². The number of rotatable bonds is 5. The Kier molecular flexibility index (Phi) is 5.84. The monoisotopic (exact) mass is 434 g/mol. The van der Waals surface area contributed by atoms with Gasteiger partial charge in [-0.2, -0.15) is 0 Å². The zero-order valence-corrected chi connectivity index (χ0v) is 17.8. The van der Waals surface area contributed by atoms with Crippen LogP contribution in [0.4, 0.5) is 5.69 Å². The van der Waals surface area contributed by atoms with Crippen LogP contribution in [-0.2, 0) is 0 Å². The van der Waals surface area contributed by atoms with E-state index >= 15 is 0 Å². The van der Waals surface area contributed by atoms with E-state index < -0.39 is 0 Å². The maximum atomic E-state index is 12.9. The lowest BCUT2D eigenvalue weighted by molar-refractivity contribution is 0.0939. The van der Waals surface area contributed by atoms with Crippen LogP contribution in [0.25, 0.3) is 10.8 Å². The summed E-state index contributed by atoms with van der Waals surface area (Å²) in [6, 6.07) is 22.3. The van der Waals surface area contributed by atoms with Crippen LogP contribution < -0.4 is 10.6 Å². The Morgan fingerprint density at radius 2 is 1.73 bits per heavy atom. The molecular weight excluding hydrogens is 416 g/mol. The molecule has 30 heavy (non-hydrogen) atoms. The van der Waals surface area contributed by atoms with Crippen molar-refractivity contribution in [2.45, 2.75) is 13.0 Å². The van der Waals surface area contributed by atoms with Gasteiger partial charge in [0.1, 0.15) is 0 Å². The Morgan fingerprint density at radius 1 is 0.933 bits per heavy atom. The molecule has 0 bridgehead atoms. The number of hydrogen-bond donors (Lipinski definition) is 2. The predicted molar refractivity (Wildman–Crippen MR) is 124 cm³/mol. The molecule has 2 amide bonds. The SMILES string of the molecule is CC(NC(=O)c1ccc(Cl)c(NC(=O)c2cccs2)c1)c1cccc2ccccc12. The summed E-state index contributed by atoms with van der Waals surface area (Å²) >= 11 is 7.57. The molecule has 0 saturated heterocycles. The summed E-state index contributed by atoms with van der Waals surface area (Å²) < 4.78 is 0. The second-order valence-corrected chi connectivity index (χ2v) is 8.24. The summed E-state index contributed by atoms with van der Waals surface area (Å²) in [6.07, 6.45) is 0. The highest BCUT2D eigenvalue weighted by Gasteiger charge is 2.16. The van der Waals surface area contributed by atoms with Crippen molar-refractivity contribution in [2.24, 2.45) is 0 Å². The largest absolute Gasteiger partial charge is 0.345 e. The molecule has 0 fully saturated rings. The second kappa shape index (κ2) is 8.69. The van der Waals surface area contributed by atoms with Crippen LogP contribution in [0.1, 0.15) is 38.6 Å². The third kappa shape index (κ3) is 4.22. The van der Waals surface area contributed by atoms with E-state index in [0.717, 1.165) is 16.3 Å². The molecule has 0 spiro atoms. The lowest BCUT2D eigenvalue weighted by Crippen LogP contribution is -2.27. The Morgan fingerprint density at radius 3 is 2.53 bits per heavy atom. The topological polar surface area (TPSA) is 58.2 Å². The van der Waals surface area contributed by atoms with Gasteiger partial charge in [-0.05, 0) is 52.9 Å². The average Bonchev–Trinajstić information content (AvgIpc) is 3.30. The Bertz CT molecular complexity index is 1220. The van der Waals surface area contributed by atoms with Gasteiger partial charge < -0.3 is 10.6 Å². The highest BCUT2D eigenvalue weighted by Crippen LogP contribution is 2.26. The van der Waals surface area contributed by atoms with Crippen LogP contribution >= 0.6 is 22.9 Å². The quantitative estimate of drug-likeness (QED) is 0.387. The predicted octanol–water partition coefficient (Wildman–Crippen LogP) is 6.30. The minimum atomic E-state index is -0.256. The number of benzene rings is 3. The molecule has 3 aromatic carbocycles. The van der Waals surface area contributed by atoms with Crippen molar-refractivity contribution in [1.82, 2.24) is 5.32 Å². The second-order valence-electron chi connectivity index (χ2n) is 6.89. The van der Waals surface area contributed by atoms with Crippen molar-refractivity contribution in [3.05, 3.63) is 99.2 Å². The lowest BCUT2D eigenvalue weighted by atomic mass is 9.99. The van der Waals surface area contributed by atoms with Crippen LogP contribution in [0.15, 0.2) is 78.2 Å². The van der Waals surface area contributed by atoms with Gasteiger partial charge in [0.05, 0.1) is 21.6 Å². The molecule has 150 valence electrons. The van der Waals surface area contributed by atoms with Gasteiger partial charge in [0.15, 0.2) is 0 Å². The van der Waals surface area contributed by atoms with E-state index in [1.165, 1.54) is 11.3 Å². The fourth-order valence-electron chi connectivity index (χ4n) is 3.34. The fourth-order valence-corrected chi connectivity index (χ4v) is 4.12. The summed E-state index contributed by atoms with van der Waals surface area (Å²) in [5, 5.41) is 10.2. The first-order valence-corrected chi connectivity index (χ1v) is 10.7. The van der Waals surface area contributed by atoms with Crippen LogP contribution in [0.3, 0.4) is 0 Å². The summed E-state index contributed by atoms with van der Waals surface area (Å²) in [5.41, 5.74) is 1.87. The summed E-state index contributed by atoms with van der Waals surface area (Å²) in [6.45, 7) is 1.95. The fraction of sp³-hybridized carbons (Fsp3) is 0.0833. The molecule has 0 aliphatic rings. The van der Waals surface area contributed by atoms with Crippen molar-refractivity contribution in [1.29, 1.82) is 0 Å². The van der Waals surface area contributed by atoms with Crippen molar-refractivity contribution in [3.8, 4) is 0 Å². The van der Waals surface area contributed by atoms with Gasteiger partial charge in [0.2, 0.25) is 0 Å². The van der Waals surface area contributed by atoms with Gasteiger partial charge >= 0.3 is 0 Å². The number of hydrogen-bond acceptors (Lipinski definition) is 3. The van der Waals surface area contributed by atoms with Crippen LogP contribution in [0.2, 0.25) is 5.02 Å². The van der Waals surface area contributed by atoms with Crippen molar-refractivity contribution in [3.63, 3.8) is 0 Å². The van der Waals surface area contributed by atoms with Crippen molar-refractivity contribution >= 4 is 51.2 Å². The molecule has 1 unspecified atom stereocenters. The normalized spacial score (nSPS) is 11.8. The van der Waals surface area contributed by atoms with E-state index in [2.05, 4.69) is 22.8 Å². The molecule has 0 radical (unpaired) electrons. The van der Waals surface area contributed by atoms with Crippen LogP contribution in [0.5, 0.6) is 0 Å². The van der Waals surface area contributed by atoms with Crippen molar-refractivity contribution in [2.75, 3.05) is 5.32 Å². The van der Waals surface area contributed by atoms with Crippen LogP contribution in [-0.4, -0.2) is 11.8 Å². The molecule has 0 saturated carbocycles. The molecule has 4 rings (SSSR count). The highest BCUT2D eigenvalue weighted by atomic mass is 35.5. The third-order valence-corrected chi connectivity index (χ3v) is 6.06. The average molecular weight is 435 g/mol. The van der Waals surface area contributed by atoms with Gasteiger partial charge in [-0.15, -0.1) is 11.3 Å². The number of thiophene rings is 1. The first-order chi connectivity index (χ1) is 14.5. The van der Waals surface area contributed by atoms with Gasteiger partial charge in [0, 0.05) is 5.56 Å². The molecule has 4 aromatic rings. The van der Waals surface area contributed by atoms with E-state index in [4.69, 9.17) is 11.6 Å². The first-order valence-electron chi connectivity index (χ1n) is 9.46. The number of carbonyl (C=O) groups is 2. The number of carbonyl (C=O) groups excluding carboxylic acids is 2. The van der Waals surface area contributed by atoms with E-state index in [1.807, 2.05) is 42.6 Å². The molecule has 6 heteroatoms. The van der Waals surface area contributed by atoms with Gasteiger partial charge in [-0.1, -0.05) is 60.1 Å². The Hall–Kier alpha value is -3.15. The molecular formula is C24H19ClN2O2S. The van der Waals surface area contributed by atoms with Gasteiger partial charge in [-0.3, -0.25) is 9.59 Å². The minimum absolute atomic E-state index is 0.191. The zero-order chi connectivity index (χ0) is 21.1. The maximum absolute atomic E-state index is 12.9. The standard InChI is InChI=1S/C24H19ClN2O2S/c1-15(18-9-4-7-16-6-2-3-8-19(16)18)26-23(28)17-11-12-20(25)21(14-17)27-24(29)22-10-5-13-30-22/h2-15H,1H3,(H,26,28)(H,27,29). The maximum Gasteiger partial charge on any atom is 0.265 e. The summed E-state index contributed by atoms with van der Waals surface area (Å²) in [7, 11) is 0. The zero-order valence-electron chi connectivity index (χ0n) is 16.2. The molecule has 0 aliphatic carbocycles. The summed E-state index contributed by atoms with van der Waals surface area (Å²) in [4.78, 5) is 25.8. The number of halogens is 1. The number of fused-ring (bicyclic) bond motifs is 1. The van der Waals surface area contributed by atoms with Gasteiger partial charge in [-0.25, -0.2) is 0 Å².